The van der Waals surface area contributed by atoms with Gasteiger partial charge in [-0.2, -0.15) is 0 Å². The molecule has 1 aromatic carbocycles. The quantitative estimate of drug-likeness (QED) is 0.775. The van der Waals surface area contributed by atoms with Gasteiger partial charge in [0.15, 0.2) is 0 Å². The summed E-state index contributed by atoms with van der Waals surface area (Å²) in [6, 6.07) is 9.60. The number of nitrogens with two attached hydrogens (primary N) is 1. The maximum atomic E-state index is 10.5. The van der Waals surface area contributed by atoms with Gasteiger partial charge in [-0.15, -0.1) is 0 Å². The number of rotatable bonds is 4. The van der Waals surface area contributed by atoms with Crippen molar-refractivity contribution in [1.29, 1.82) is 0 Å². The van der Waals surface area contributed by atoms with Gasteiger partial charge < -0.3 is 11.1 Å². The van der Waals surface area contributed by atoms with E-state index in [0.29, 0.717) is 6.54 Å². The predicted molar refractivity (Wildman–Crippen MR) is 62.3 cm³/mol. The third-order valence-corrected chi connectivity index (χ3v) is 2.15. The Morgan fingerprint density at radius 1 is 1.40 bits per heavy atom. The summed E-state index contributed by atoms with van der Waals surface area (Å²) in [5, 5.41) is 2.54. The van der Waals surface area contributed by atoms with E-state index in [1.807, 2.05) is 24.3 Å². The average Bonchev–Trinajstić information content (AvgIpc) is 2.25. The minimum atomic E-state index is -0.491. The first-order chi connectivity index (χ1) is 7.24. The Balaban J connectivity index is 2.67. The fourth-order valence-corrected chi connectivity index (χ4v) is 1.39. The molecule has 0 bridgehead atoms. The second-order valence-electron chi connectivity index (χ2n) is 3.19. The van der Waals surface area contributed by atoms with Crippen molar-refractivity contribution in [3.05, 3.63) is 42.0 Å². The Kier molecular flexibility index (Phi) is 4.41. The molecule has 15 heavy (non-hydrogen) atoms. The molecule has 3 nitrogen and oxygen atoms in total. The predicted octanol–water partition coefficient (Wildman–Crippen LogP) is 2.15. The molecular weight excluding hydrogens is 188 g/mol. The number of nitrogens with one attached hydrogen (secondary N) is 1. The van der Waals surface area contributed by atoms with Crippen molar-refractivity contribution in [2.45, 2.75) is 13.3 Å². The van der Waals surface area contributed by atoms with Gasteiger partial charge in [0.1, 0.15) is 0 Å². The molecule has 0 radical (unpaired) electrons. The molecule has 0 aliphatic carbocycles. The van der Waals surface area contributed by atoms with E-state index in [2.05, 4.69) is 24.4 Å². The van der Waals surface area contributed by atoms with Crippen LogP contribution in [0.5, 0.6) is 0 Å². The van der Waals surface area contributed by atoms with Gasteiger partial charge in [-0.3, -0.25) is 0 Å². The van der Waals surface area contributed by atoms with Gasteiger partial charge >= 0.3 is 6.03 Å². The smallest absolute Gasteiger partial charge is 0.312 e. The highest BCUT2D eigenvalue weighted by atomic mass is 16.2. The van der Waals surface area contributed by atoms with Gasteiger partial charge in [0.25, 0.3) is 0 Å². The molecule has 0 atom stereocenters. The molecule has 3 N–H and O–H groups in total. The number of hydrogen-bond acceptors (Lipinski definition) is 1. The van der Waals surface area contributed by atoms with E-state index in [4.69, 9.17) is 5.73 Å². The molecule has 0 spiro atoms. The molecule has 0 saturated carbocycles. The fourth-order valence-electron chi connectivity index (χ4n) is 1.39. The maximum Gasteiger partial charge on any atom is 0.312 e. The molecule has 0 aliphatic heterocycles. The fraction of sp³-hybridized carbons (Fsp3) is 0.250. The molecule has 80 valence electrons. The van der Waals surface area contributed by atoms with Crippen LogP contribution in [0.3, 0.4) is 0 Å². The van der Waals surface area contributed by atoms with Crippen LogP contribution in [-0.4, -0.2) is 12.6 Å². The largest absolute Gasteiger partial charge is 0.352 e. The van der Waals surface area contributed by atoms with Gasteiger partial charge in [0.2, 0.25) is 0 Å². The van der Waals surface area contributed by atoms with Crippen molar-refractivity contribution in [1.82, 2.24) is 5.32 Å². The summed E-state index contributed by atoms with van der Waals surface area (Å²) in [7, 11) is 0. The Morgan fingerprint density at radius 3 is 2.60 bits per heavy atom. The van der Waals surface area contributed by atoms with Crippen LogP contribution in [0.4, 0.5) is 4.79 Å². The molecule has 1 rings (SSSR count). The number of hydrogen-bond donors (Lipinski definition) is 2. The average molecular weight is 204 g/mol. The van der Waals surface area contributed by atoms with Crippen LogP contribution in [0.15, 0.2) is 36.4 Å². The standard InChI is InChI=1S/C12H16N2O/c1-2-10(8-9-14-12(13)15)11-6-4-3-5-7-11/h3-8H,2,9H2,1H3,(H3,13,14,15)/b10-8-. The third-order valence-electron chi connectivity index (χ3n) is 2.15. The van der Waals surface area contributed by atoms with Gasteiger partial charge in [-0.1, -0.05) is 43.3 Å². The lowest BCUT2D eigenvalue weighted by Crippen LogP contribution is -2.29. The van der Waals surface area contributed by atoms with Gasteiger partial charge in [-0.05, 0) is 17.6 Å². The summed E-state index contributed by atoms with van der Waals surface area (Å²) < 4.78 is 0. The van der Waals surface area contributed by atoms with Crippen LogP contribution < -0.4 is 11.1 Å². The van der Waals surface area contributed by atoms with Crippen molar-refractivity contribution in [3.63, 3.8) is 0 Å². The SMILES string of the molecule is CC/C(=C/CNC(N)=O)c1ccccc1. The monoisotopic (exact) mass is 204 g/mol. The van der Waals surface area contributed by atoms with Gasteiger partial charge in [0, 0.05) is 6.54 Å². The van der Waals surface area contributed by atoms with Crippen LogP contribution in [0, 0.1) is 0 Å². The normalized spacial score (nSPS) is 11.1. The summed E-state index contributed by atoms with van der Waals surface area (Å²) in [5.41, 5.74) is 7.38. The van der Waals surface area contributed by atoms with Crippen molar-refractivity contribution < 1.29 is 4.79 Å². The van der Waals surface area contributed by atoms with E-state index in [0.717, 1.165) is 6.42 Å². The van der Waals surface area contributed by atoms with Gasteiger partial charge in [0.05, 0.1) is 0 Å². The summed E-state index contributed by atoms with van der Waals surface area (Å²) in [5.74, 6) is 0. The lowest BCUT2D eigenvalue weighted by Gasteiger charge is -2.05. The van der Waals surface area contributed by atoms with Crippen molar-refractivity contribution >= 4 is 11.6 Å². The second-order valence-corrected chi connectivity index (χ2v) is 3.19. The molecule has 0 aliphatic rings. The first-order valence-electron chi connectivity index (χ1n) is 5.01. The van der Waals surface area contributed by atoms with Crippen LogP contribution in [-0.2, 0) is 0 Å². The molecule has 3 heteroatoms. The zero-order chi connectivity index (χ0) is 11.1. The maximum absolute atomic E-state index is 10.5. The highest BCUT2D eigenvalue weighted by Crippen LogP contribution is 2.16. The number of allylic oxidation sites excluding steroid dienone is 1. The molecule has 0 unspecified atom stereocenters. The highest BCUT2D eigenvalue weighted by molar-refractivity contribution is 5.72. The van der Waals surface area contributed by atoms with Crippen LogP contribution >= 0.6 is 0 Å². The zero-order valence-electron chi connectivity index (χ0n) is 8.86. The van der Waals surface area contributed by atoms with Crippen LogP contribution in [0.25, 0.3) is 5.57 Å². The van der Waals surface area contributed by atoms with Crippen molar-refractivity contribution in [3.8, 4) is 0 Å². The molecule has 1 aromatic rings. The van der Waals surface area contributed by atoms with Gasteiger partial charge in [-0.25, -0.2) is 4.79 Å². The minimum Gasteiger partial charge on any atom is -0.352 e. The molecule has 0 fully saturated rings. The third kappa shape index (κ3) is 3.85. The molecule has 0 heterocycles. The Hall–Kier alpha value is -1.77. The first kappa shape index (κ1) is 11.3. The summed E-state index contributed by atoms with van der Waals surface area (Å²) in [6.07, 6.45) is 2.92. The number of carbonyl (C=O) groups excluding carboxylic acids is 1. The van der Waals surface area contributed by atoms with Crippen LogP contribution in [0.1, 0.15) is 18.9 Å². The molecule has 0 saturated heterocycles. The Morgan fingerprint density at radius 2 is 2.07 bits per heavy atom. The zero-order valence-corrected chi connectivity index (χ0v) is 8.86. The minimum absolute atomic E-state index is 0.480. The summed E-state index contributed by atoms with van der Waals surface area (Å²) in [4.78, 5) is 10.5. The summed E-state index contributed by atoms with van der Waals surface area (Å²) >= 11 is 0. The number of carbonyl (C=O) groups is 1. The molecular formula is C12H16N2O. The molecule has 0 aromatic heterocycles. The lowest BCUT2D eigenvalue weighted by molar-refractivity contribution is 0.250. The number of amides is 2. The van der Waals surface area contributed by atoms with E-state index in [1.54, 1.807) is 0 Å². The van der Waals surface area contributed by atoms with E-state index < -0.39 is 6.03 Å². The Bertz CT molecular complexity index is 344. The van der Waals surface area contributed by atoms with Crippen LogP contribution in [0.2, 0.25) is 0 Å². The number of urea groups is 1. The topological polar surface area (TPSA) is 55.1 Å². The molecule has 2 amide bonds. The van der Waals surface area contributed by atoms with Crippen molar-refractivity contribution in [2.75, 3.05) is 6.54 Å². The summed E-state index contributed by atoms with van der Waals surface area (Å²) in [6.45, 7) is 2.57. The second kappa shape index (κ2) is 5.86. The van der Waals surface area contributed by atoms with E-state index in [1.165, 1.54) is 11.1 Å². The number of primary amides is 1. The first-order valence-corrected chi connectivity index (χ1v) is 5.01. The van der Waals surface area contributed by atoms with E-state index >= 15 is 0 Å². The number of benzene rings is 1. The van der Waals surface area contributed by atoms with E-state index in [9.17, 15) is 4.79 Å². The van der Waals surface area contributed by atoms with E-state index in [-0.39, 0.29) is 0 Å². The lowest BCUT2D eigenvalue weighted by atomic mass is 10.0. The van der Waals surface area contributed by atoms with Crippen molar-refractivity contribution in [2.24, 2.45) is 5.73 Å². The Labute approximate surface area is 90.0 Å². The highest BCUT2D eigenvalue weighted by Gasteiger charge is 1.97.